The Hall–Kier alpha value is -1.43. The van der Waals surface area contributed by atoms with Gasteiger partial charge in [0.25, 0.3) is 5.91 Å². The van der Waals surface area contributed by atoms with Crippen molar-refractivity contribution < 1.29 is 9.90 Å². The molecule has 0 bridgehead atoms. The topological polar surface area (TPSA) is 55.8 Å². The van der Waals surface area contributed by atoms with E-state index in [0.717, 1.165) is 57.8 Å². The third kappa shape index (κ3) is 4.15. The number of aliphatic hydroxyl groups is 1. The summed E-state index contributed by atoms with van der Waals surface area (Å²) in [6.45, 7) is 8.81. The second kappa shape index (κ2) is 7.64. The zero-order chi connectivity index (χ0) is 17.0. The predicted molar refractivity (Wildman–Crippen MR) is 95.9 cm³/mol. The van der Waals surface area contributed by atoms with Crippen LogP contribution in [-0.2, 0) is 11.3 Å². The van der Waals surface area contributed by atoms with Crippen molar-refractivity contribution in [3.63, 3.8) is 0 Å². The zero-order valence-corrected chi connectivity index (χ0v) is 14.6. The highest BCUT2D eigenvalue weighted by Crippen LogP contribution is 2.30. The van der Waals surface area contributed by atoms with Gasteiger partial charge in [-0.3, -0.25) is 9.69 Å². The summed E-state index contributed by atoms with van der Waals surface area (Å²) in [6, 6.07) is 8.02. The van der Waals surface area contributed by atoms with Crippen LogP contribution in [0.25, 0.3) is 0 Å². The zero-order valence-electron chi connectivity index (χ0n) is 14.6. The number of piperazine rings is 1. The summed E-state index contributed by atoms with van der Waals surface area (Å²) in [5, 5.41) is 13.2. The van der Waals surface area contributed by atoms with Crippen LogP contribution in [0, 0.1) is 0 Å². The van der Waals surface area contributed by atoms with Gasteiger partial charge in [-0.1, -0.05) is 19.1 Å². The van der Waals surface area contributed by atoms with Crippen molar-refractivity contribution >= 4 is 11.6 Å². The van der Waals surface area contributed by atoms with Gasteiger partial charge in [0.1, 0.15) is 5.60 Å². The Morgan fingerprint density at radius 3 is 2.25 bits per heavy atom. The molecule has 24 heavy (non-hydrogen) atoms. The molecule has 5 nitrogen and oxygen atoms in total. The lowest BCUT2D eigenvalue weighted by atomic mass is 10.0. The molecule has 1 aromatic rings. The van der Waals surface area contributed by atoms with Crippen LogP contribution >= 0.6 is 0 Å². The molecule has 2 fully saturated rings. The number of hydrogen-bond acceptors (Lipinski definition) is 4. The molecule has 0 unspecified atom stereocenters. The van der Waals surface area contributed by atoms with Crippen molar-refractivity contribution in [3.8, 4) is 0 Å². The predicted octanol–water partition coefficient (Wildman–Crippen LogP) is 2.07. The molecule has 0 radical (unpaired) electrons. The molecule has 2 aliphatic rings. The van der Waals surface area contributed by atoms with E-state index in [4.69, 9.17) is 0 Å². The van der Waals surface area contributed by atoms with Crippen molar-refractivity contribution in [2.24, 2.45) is 0 Å². The number of anilines is 1. The number of nitrogens with zero attached hydrogens (tertiary/aromatic N) is 2. The maximum Gasteiger partial charge on any atom is 0.256 e. The Labute approximate surface area is 144 Å². The molecule has 1 heterocycles. The second-order valence-electron chi connectivity index (χ2n) is 7.10. The van der Waals surface area contributed by atoms with Crippen LogP contribution < -0.4 is 5.32 Å². The fourth-order valence-corrected chi connectivity index (χ4v) is 3.65. The SMILES string of the molecule is CCN1CCN(Cc2ccc(NC(=O)C3(O)CCCC3)cc2)CC1. The van der Waals surface area contributed by atoms with Gasteiger partial charge in [-0.25, -0.2) is 0 Å². The lowest BCUT2D eigenvalue weighted by Gasteiger charge is -2.34. The van der Waals surface area contributed by atoms with E-state index in [0.29, 0.717) is 12.8 Å². The average molecular weight is 331 g/mol. The molecule has 0 atom stereocenters. The first kappa shape index (κ1) is 17.4. The lowest BCUT2D eigenvalue weighted by Crippen LogP contribution is -2.45. The van der Waals surface area contributed by atoms with E-state index >= 15 is 0 Å². The summed E-state index contributed by atoms with van der Waals surface area (Å²) in [5.41, 5.74) is 0.856. The summed E-state index contributed by atoms with van der Waals surface area (Å²) < 4.78 is 0. The summed E-state index contributed by atoms with van der Waals surface area (Å²) in [7, 11) is 0. The van der Waals surface area contributed by atoms with Gasteiger partial charge in [-0.15, -0.1) is 0 Å². The van der Waals surface area contributed by atoms with Crippen LogP contribution in [-0.4, -0.2) is 59.1 Å². The third-order valence-electron chi connectivity index (χ3n) is 5.38. The normalized spacial score (nSPS) is 21.8. The number of carbonyl (C=O) groups is 1. The first-order chi connectivity index (χ1) is 11.6. The van der Waals surface area contributed by atoms with Gasteiger partial charge in [0.2, 0.25) is 0 Å². The monoisotopic (exact) mass is 331 g/mol. The first-order valence-corrected chi connectivity index (χ1v) is 9.16. The molecule has 1 aliphatic heterocycles. The quantitative estimate of drug-likeness (QED) is 0.867. The first-order valence-electron chi connectivity index (χ1n) is 9.16. The number of hydrogen-bond donors (Lipinski definition) is 2. The van der Waals surface area contributed by atoms with Gasteiger partial charge < -0.3 is 15.3 Å². The number of nitrogens with one attached hydrogen (secondary N) is 1. The second-order valence-corrected chi connectivity index (χ2v) is 7.10. The van der Waals surface area contributed by atoms with Gasteiger partial charge in [-0.05, 0) is 49.9 Å². The Morgan fingerprint density at radius 1 is 1.08 bits per heavy atom. The van der Waals surface area contributed by atoms with Crippen LogP contribution in [0.3, 0.4) is 0 Å². The fourth-order valence-electron chi connectivity index (χ4n) is 3.65. The number of carbonyl (C=O) groups excluding carboxylic acids is 1. The molecule has 3 rings (SSSR count). The van der Waals surface area contributed by atoms with Crippen LogP contribution in [0.2, 0.25) is 0 Å². The molecule has 5 heteroatoms. The fraction of sp³-hybridized carbons (Fsp3) is 0.632. The van der Waals surface area contributed by atoms with Crippen LogP contribution in [0.4, 0.5) is 5.69 Å². The standard InChI is InChI=1S/C19H29N3O2/c1-2-21-11-13-22(14-12-21)15-16-5-7-17(8-6-16)20-18(23)19(24)9-3-4-10-19/h5-8,24H,2-4,9-15H2,1H3,(H,20,23). The summed E-state index contributed by atoms with van der Waals surface area (Å²) in [4.78, 5) is 17.2. The molecular weight excluding hydrogens is 302 g/mol. The van der Waals surface area contributed by atoms with Crippen molar-refractivity contribution in [3.05, 3.63) is 29.8 Å². The highest BCUT2D eigenvalue weighted by atomic mass is 16.3. The van der Waals surface area contributed by atoms with Crippen LogP contribution in [0.5, 0.6) is 0 Å². The van der Waals surface area contributed by atoms with E-state index in [1.807, 2.05) is 12.1 Å². The molecule has 1 saturated carbocycles. The minimum Gasteiger partial charge on any atom is -0.380 e. The Morgan fingerprint density at radius 2 is 1.67 bits per heavy atom. The molecule has 0 spiro atoms. The minimum atomic E-state index is -1.17. The number of benzene rings is 1. The molecule has 1 aromatic carbocycles. The van der Waals surface area contributed by atoms with Gasteiger partial charge in [0.15, 0.2) is 0 Å². The largest absolute Gasteiger partial charge is 0.380 e. The van der Waals surface area contributed by atoms with E-state index < -0.39 is 5.60 Å². The highest BCUT2D eigenvalue weighted by Gasteiger charge is 2.38. The van der Waals surface area contributed by atoms with Crippen molar-refractivity contribution in [2.45, 2.75) is 44.8 Å². The Kier molecular flexibility index (Phi) is 5.54. The number of amides is 1. The summed E-state index contributed by atoms with van der Waals surface area (Å²) in [5.74, 6) is -0.261. The molecule has 0 aromatic heterocycles. The van der Waals surface area contributed by atoms with Crippen LogP contribution in [0.1, 0.15) is 38.2 Å². The molecule has 1 aliphatic carbocycles. The van der Waals surface area contributed by atoms with E-state index in [1.165, 1.54) is 5.56 Å². The maximum absolute atomic E-state index is 12.2. The van der Waals surface area contributed by atoms with E-state index in [9.17, 15) is 9.90 Å². The van der Waals surface area contributed by atoms with Crippen molar-refractivity contribution in [1.82, 2.24) is 9.80 Å². The van der Waals surface area contributed by atoms with E-state index in [-0.39, 0.29) is 5.91 Å². The van der Waals surface area contributed by atoms with E-state index in [2.05, 4.69) is 34.2 Å². The number of rotatable bonds is 5. The number of likely N-dealkylation sites (N-methyl/N-ethyl adjacent to an activating group) is 1. The third-order valence-corrected chi connectivity index (χ3v) is 5.38. The maximum atomic E-state index is 12.2. The smallest absolute Gasteiger partial charge is 0.256 e. The Bertz CT molecular complexity index is 544. The van der Waals surface area contributed by atoms with Crippen LogP contribution in [0.15, 0.2) is 24.3 Å². The summed E-state index contributed by atoms with van der Waals surface area (Å²) >= 11 is 0. The lowest BCUT2D eigenvalue weighted by molar-refractivity contribution is -0.133. The van der Waals surface area contributed by atoms with Crippen molar-refractivity contribution in [2.75, 3.05) is 38.0 Å². The average Bonchev–Trinajstić information content (AvgIpc) is 3.05. The minimum absolute atomic E-state index is 0.261. The molecule has 1 amide bonds. The van der Waals surface area contributed by atoms with Crippen molar-refractivity contribution in [1.29, 1.82) is 0 Å². The molecule has 1 saturated heterocycles. The molecular formula is C19H29N3O2. The van der Waals surface area contributed by atoms with Gasteiger partial charge in [-0.2, -0.15) is 0 Å². The van der Waals surface area contributed by atoms with Gasteiger partial charge >= 0.3 is 0 Å². The molecule has 2 N–H and O–H groups in total. The Balaban J connectivity index is 1.51. The highest BCUT2D eigenvalue weighted by molar-refractivity contribution is 5.97. The van der Waals surface area contributed by atoms with Gasteiger partial charge in [0, 0.05) is 38.4 Å². The van der Waals surface area contributed by atoms with E-state index in [1.54, 1.807) is 0 Å². The summed E-state index contributed by atoms with van der Waals surface area (Å²) in [6.07, 6.45) is 2.99. The molecule has 132 valence electrons. The van der Waals surface area contributed by atoms with Gasteiger partial charge in [0.05, 0.1) is 0 Å².